The standard InChI is InChI=1S/C15H24N2/c1-12-3-5-14(6-4-12)11-17-13(2)15-7-9-16-10-8-15/h7-10,12-14,17H,3-6,11H2,1-2H3/t12?,13-,14?/m0/s1. The van der Waals surface area contributed by atoms with Crippen LogP contribution < -0.4 is 5.32 Å². The Balaban J connectivity index is 1.75. The lowest BCUT2D eigenvalue weighted by Crippen LogP contribution is -2.28. The van der Waals surface area contributed by atoms with Crippen molar-refractivity contribution in [1.29, 1.82) is 0 Å². The first kappa shape index (κ1) is 12.6. The first-order valence-electron chi connectivity index (χ1n) is 6.89. The summed E-state index contributed by atoms with van der Waals surface area (Å²) in [5, 5.41) is 3.66. The minimum absolute atomic E-state index is 0.442. The first-order valence-corrected chi connectivity index (χ1v) is 6.89. The third-order valence-corrected chi connectivity index (χ3v) is 4.05. The van der Waals surface area contributed by atoms with Crippen LogP contribution in [0.3, 0.4) is 0 Å². The van der Waals surface area contributed by atoms with Crippen molar-refractivity contribution in [3.8, 4) is 0 Å². The van der Waals surface area contributed by atoms with E-state index in [1.807, 2.05) is 12.4 Å². The lowest BCUT2D eigenvalue weighted by molar-refractivity contribution is 0.276. The summed E-state index contributed by atoms with van der Waals surface area (Å²) in [6.45, 7) is 5.78. The number of pyridine rings is 1. The van der Waals surface area contributed by atoms with Gasteiger partial charge in [-0.1, -0.05) is 19.8 Å². The molecule has 0 bridgehead atoms. The van der Waals surface area contributed by atoms with Gasteiger partial charge in [-0.3, -0.25) is 4.98 Å². The average molecular weight is 232 g/mol. The van der Waals surface area contributed by atoms with Gasteiger partial charge >= 0.3 is 0 Å². The first-order chi connectivity index (χ1) is 8.25. The second kappa shape index (κ2) is 6.15. The van der Waals surface area contributed by atoms with E-state index in [1.54, 1.807) is 0 Å². The zero-order valence-corrected chi connectivity index (χ0v) is 11.0. The highest BCUT2D eigenvalue weighted by atomic mass is 14.9. The number of nitrogens with zero attached hydrogens (tertiary/aromatic N) is 1. The molecule has 0 aromatic carbocycles. The predicted octanol–water partition coefficient (Wildman–Crippen LogP) is 3.56. The molecule has 1 atom stereocenters. The largest absolute Gasteiger partial charge is 0.310 e. The van der Waals surface area contributed by atoms with E-state index in [1.165, 1.54) is 31.2 Å². The minimum atomic E-state index is 0.442. The van der Waals surface area contributed by atoms with Crippen LogP contribution in [0.4, 0.5) is 0 Å². The van der Waals surface area contributed by atoms with Crippen molar-refractivity contribution >= 4 is 0 Å². The van der Waals surface area contributed by atoms with Crippen molar-refractivity contribution < 1.29 is 0 Å². The van der Waals surface area contributed by atoms with Crippen LogP contribution in [-0.2, 0) is 0 Å². The molecule has 2 heteroatoms. The van der Waals surface area contributed by atoms with Crippen LogP contribution >= 0.6 is 0 Å². The number of rotatable bonds is 4. The molecule has 1 fully saturated rings. The van der Waals surface area contributed by atoms with E-state index in [0.29, 0.717) is 6.04 Å². The Hall–Kier alpha value is -0.890. The fraction of sp³-hybridized carbons (Fsp3) is 0.667. The fourth-order valence-electron chi connectivity index (χ4n) is 2.65. The normalized spacial score (nSPS) is 26.7. The number of hydrogen-bond acceptors (Lipinski definition) is 2. The van der Waals surface area contributed by atoms with Crippen molar-refractivity contribution in [3.63, 3.8) is 0 Å². The molecule has 1 aromatic rings. The summed E-state index contributed by atoms with van der Waals surface area (Å²) in [4.78, 5) is 4.06. The summed E-state index contributed by atoms with van der Waals surface area (Å²) in [5.74, 6) is 1.83. The van der Waals surface area contributed by atoms with Crippen LogP contribution in [0, 0.1) is 11.8 Å². The second-order valence-electron chi connectivity index (χ2n) is 5.54. The highest BCUT2D eigenvalue weighted by Crippen LogP contribution is 2.28. The number of hydrogen-bond donors (Lipinski definition) is 1. The molecule has 1 aromatic heterocycles. The Morgan fingerprint density at radius 1 is 1.24 bits per heavy atom. The summed E-state index contributed by atoms with van der Waals surface area (Å²) in [6, 6.07) is 4.64. The third-order valence-electron chi connectivity index (χ3n) is 4.05. The van der Waals surface area contributed by atoms with E-state index in [0.717, 1.165) is 18.4 Å². The van der Waals surface area contributed by atoms with Gasteiger partial charge in [-0.05, 0) is 55.8 Å². The molecule has 1 saturated carbocycles. The van der Waals surface area contributed by atoms with Crippen molar-refractivity contribution in [2.45, 2.75) is 45.6 Å². The molecule has 0 spiro atoms. The van der Waals surface area contributed by atoms with Gasteiger partial charge in [0.15, 0.2) is 0 Å². The van der Waals surface area contributed by atoms with E-state index >= 15 is 0 Å². The van der Waals surface area contributed by atoms with Gasteiger partial charge in [-0.25, -0.2) is 0 Å². The van der Waals surface area contributed by atoms with Gasteiger partial charge < -0.3 is 5.32 Å². The van der Waals surface area contributed by atoms with Crippen molar-refractivity contribution in [2.24, 2.45) is 11.8 Å². The fourth-order valence-corrected chi connectivity index (χ4v) is 2.65. The van der Waals surface area contributed by atoms with Gasteiger partial charge in [0.2, 0.25) is 0 Å². The van der Waals surface area contributed by atoms with Gasteiger partial charge in [0.25, 0.3) is 0 Å². The minimum Gasteiger partial charge on any atom is -0.310 e. The SMILES string of the molecule is CC1CCC(CN[C@@H](C)c2ccncc2)CC1. The highest BCUT2D eigenvalue weighted by Gasteiger charge is 2.18. The lowest BCUT2D eigenvalue weighted by atomic mass is 9.83. The van der Waals surface area contributed by atoms with Gasteiger partial charge in [0, 0.05) is 18.4 Å². The molecule has 17 heavy (non-hydrogen) atoms. The molecule has 94 valence electrons. The molecule has 0 aliphatic heterocycles. The van der Waals surface area contributed by atoms with Crippen molar-refractivity contribution in [2.75, 3.05) is 6.54 Å². The zero-order valence-electron chi connectivity index (χ0n) is 11.0. The van der Waals surface area contributed by atoms with Crippen molar-refractivity contribution in [1.82, 2.24) is 10.3 Å². The molecule has 0 unspecified atom stereocenters. The topological polar surface area (TPSA) is 24.9 Å². The molecule has 0 amide bonds. The second-order valence-corrected chi connectivity index (χ2v) is 5.54. The highest BCUT2D eigenvalue weighted by molar-refractivity contribution is 5.13. The molecule has 0 saturated heterocycles. The van der Waals surface area contributed by atoms with E-state index in [4.69, 9.17) is 0 Å². The van der Waals surface area contributed by atoms with Crippen LogP contribution in [0.15, 0.2) is 24.5 Å². The molecule has 2 rings (SSSR count). The van der Waals surface area contributed by atoms with Gasteiger partial charge in [-0.2, -0.15) is 0 Å². The van der Waals surface area contributed by atoms with E-state index in [2.05, 4.69) is 36.3 Å². The molecule has 1 N–H and O–H groups in total. The van der Waals surface area contributed by atoms with Gasteiger partial charge in [-0.15, -0.1) is 0 Å². The Labute approximate surface area is 105 Å². The summed E-state index contributed by atoms with van der Waals surface area (Å²) in [6.07, 6.45) is 9.37. The van der Waals surface area contributed by atoms with Gasteiger partial charge in [0.05, 0.1) is 0 Å². The number of aromatic nitrogens is 1. The maximum atomic E-state index is 4.06. The van der Waals surface area contributed by atoms with Crippen LogP contribution in [0.2, 0.25) is 0 Å². The summed E-state index contributed by atoms with van der Waals surface area (Å²) in [5.41, 5.74) is 1.34. The smallest absolute Gasteiger partial charge is 0.0293 e. The Bertz CT molecular complexity index is 315. The Morgan fingerprint density at radius 3 is 2.53 bits per heavy atom. The Morgan fingerprint density at radius 2 is 1.88 bits per heavy atom. The summed E-state index contributed by atoms with van der Waals surface area (Å²) < 4.78 is 0. The average Bonchev–Trinajstić information content (AvgIpc) is 2.39. The maximum Gasteiger partial charge on any atom is 0.0293 e. The lowest BCUT2D eigenvalue weighted by Gasteiger charge is -2.27. The molecule has 1 aliphatic carbocycles. The van der Waals surface area contributed by atoms with Crippen LogP contribution in [0.5, 0.6) is 0 Å². The quantitative estimate of drug-likeness (QED) is 0.858. The zero-order chi connectivity index (χ0) is 12.1. The Kier molecular flexibility index (Phi) is 4.55. The van der Waals surface area contributed by atoms with Gasteiger partial charge in [0.1, 0.15) is 0 Å². The van der Waals surface area contributed by atoms with Crippen molar-refractivity contribution in [3.05, 3.63) is 30.1 Å². The molecular formula is C15H24N2. The van der Waals surface area contributed by atoms with E-state index < -0.39 is 0 Å². The van der Waals surface area contributed by atoms with E-state index in [-0.39, 0.29) is 0 Å². The predicted molar refractivity (Wildman–Crippen MR) is 71.8 cm³/mol. The molecular weight excluding hydrogens is 208 g/mol. The van der Waals surface area contributed by atoms with E-state index in [9.17, 15) is 0 Å². The molecule has 1 aliphatic rings. The monoisotopic (exact) mass is 232 g/mol. The van der Waals surface area contributed by atoms with Crippen LogP contribution in [0.25, 0.3) is 0 Å². The summed E-state index contributed by atoms with van der Waals surface area (Å²) in [7, 11) is 0. The molecule has 0 radical (unpaired) electrons. The van der Waals surface area contributed by atoms with Crippen LogP contribution in [-0.4, -0.2) is 11.5 Å². The maximum absolute atomic E-state index is 4.06. The third kappa shape index (κ3) is 3.81. The van der Waals surface area contributed by atoms with Crippen LogP contribution in [0.1, 0.15) is 51.1 Å². The molecule has 2 nitrogen and oxygen atoms in total. The number of nitrogens with one attached hydrogen (secondary N) is 1. The molecule has 1 heterocycles. The summed E-state index contributed by atoms with van der Waals surface area (Å²) >= 11 is 0.